The molecule has 0 spiro atoms. The van der Waals surface area contributed by atoms with Gasteiger partial charge in [0.2, 0.25) is 6.29 Å². The van der Waals surface area contributed by atoms with Gasteiger partial charge in [-0.15, -0.1) is 0 Å². The second-order valence-corrected chi connectivity index (χ2v) is 6.01. The van der Waals surface area contributed by atoms with Gasteiger partial charge < -0.3 is 18.9 Å². The van der Waals surface area contributed by atoms with Crippen molar-refractivity contribution in [3.8, 4) is 0 Å². The molecule has 2 aromatic carbocycles. The second-order valence-electron chi connectivity index (χ2n) is 6.01. The molecule has 0 bridgehead atoms. The van der Waals surface area contributed by atoms with Gasteiger partial charge in [0.25, 0.3) is 0 Å². The van der Waals surface area contributed by atoms with Gasteiger partial charge in [0.1, 0.15) is 6.10 Å². The molecule has 0 aliphatic carbocycles. The van der Waals surface area contributed by atoms with E-state index in [0.717, 1.165) is 11.1 Å². The van der Waals surface area contributed by atoms with E-state index < -0.39 is 6.29 Å². The predicted molar refractivity (Wildman–Crippen MR) is 95.7 cm³/mol. The van der Waals surface area contributed by atoms with E-state index in [2.05, 4.69) is 0 Å². The Morgan fingerprint density at radius 1 is 0.920 bits per heavy atom. The minimum Gasteiger partial charge on any atom is -0.470 e. The number of benzene rings is 2. The average Bonchev–Trinajstić information content (AvgIpc) is 2.66. The molecule has 1 aliphatic rings. The molecule has 25 heavy (non-hydrogen) atoms. The van der Waals surface area contributed by atoms with Crippen LogP contribution < -0.4 is 0 Å². The molecule has 0 saturated carbocycles. The van der Waals surface area contributed by atoms with E-state index in [1.807, 2.05) is 73.7 Å². The summed E-state index contributed by atoms with van der Waals surface area (Å²) in [6.07, 6.45) is 2.76. The highest BCUT2D eigenvalue weighted by Gasteiger charge is 2.28. The molecule has 132 valence electrons. The third kappa shape index (κ3) is 5.71. The van der Waals surface area contributed by atoms with Crippen LogP contribution in [0.4, 0.5) is 0 Å². The summed E-state index contributed by atoms with van der Waals surface area (Å²) in [5.41, 5.74) is 2.23. The summed E-state index contributed by atoms with van der Waals surface area (Å²) in [6, 6.07) is 20.1. The van der Waals surface area contributed by atoms with E-state index in [4.69, 9.17) is 18.9 Å². The zero-order chi connectivity index (χ0) is 17.3. The zero-order valence-corrected chi connectivity index (χ0v) is 14.4. The zero-order valence-electron chi connectivity index (χ0n) is 14.4. The third-order valence-electron chi connectivity index (χ3n) is 3.92. The standard InChI is InChI=1S/C21H24O4/c1-17-12-13-23-21(25-17)20(24-15-19-10-6-3-7-11-19)16-22-14-18-8-4-2-5-9-18/h2-13,17,20-21H,14-16H2,1H3/t17-,20-,21+/m0/s1. The summed E-state index contributed by atoms with van der Waals surface area (Å²) in [5.74, 6) is 0. The van der Waals surface area contributed by atoms with Crippen molar-refractivity contribution < 1.29 is 18.9 Å². The monoisotopic (exact) mass is 340 g/mol. The molecule has 0 N–H and O–H groups in total. The molecular formula is C21H24O4. The SMILES string of the molecule is C[C@H]1C=CO[C@@H]([C@H](COCc2ccccc2)OCc2ccccc2)O1. The highest BCUT2D eigenvalue weighted by Crippen LogP contribution is 2.17. The van der Waals surface area contributed by atoms with Gasteiger partial charge in [-0.2, -0.15) is 0 Å². The Kier molecular flexibility index (Phi) is 6.63. The van der Waals surface area contributed by atoms with Crippen LogP contribution in [-0.2, 0) is 32.2 Å². The molecule has 0 aromatic heterocycles. The third-order valence-corrected chi connectivity index (χ3v) is 3.92. The smallest absolute Gasteiger partial charge is 0.228 e. The fraction of sp³-hybridized carbons (Fsp3) is 0.333. The summed E-state index contributed by atoms with van der Waals surface area (Å²) in [5, 5.41) is 0. The number of hydrogen-bond acceptors (Lipinski definition) is 4. The molecular weight excluding hydrogens is 316 g/mol. The maximum Gasteiger partial charge on any atom is 0.228 e. The van der Waals surface area contributed by atoms with Crippen molar-refractivity contribution in [2.24, 2.45) is 0 Å². The number of hydrogen-bond donors (Lipinski definition) is 0. The molecule has 1 aliphatic heterocycles. The van der Waals surface area contributed by atoms with Gasteiger partial charge in [0.15, 0.2) is 0 Å². The van der Waals surface area contributed by atoms with Crippen LogP contribution in [0.1, 0.15) is 18.1 Å². The van der Waals surface area contributed by atoms with E-state index in [1.165, 1.54) is 0 Å². The molecule has 0 fully saturated rings. The van der Waals surface area contributed by atoms with Crippen LogP contribution in [0.25, 0.3) is 0 Å². The first kappa shape index (κ1) is 17.7. The molecule has 0 unspecified atom stereocenters. The van der Waals surface area contributed by atoms with Gasteiger partial charge in [-0.05, 0) is 24.1 Å². The maximum atomic E-state index is 6.05. The normalized spacial score (nSPS) is 20.8. The van der Waals surface area contributed by atoms with Crippen molar-refractivity contribution in [3.05, 3.63) is 84.1 Å². The Hall–Kier alpha value is -2.14. The van der Waals surface area contributed by atoms with E-state index >= 15 is 0 Å². The predicted octanol–water partition coefficient (Wildman–Crippen LogP) is 4.06. The van der Waals surface area contributed by atoms with Crippen molar-refractivity contribution >= 4 is 0 Å². The van der Waals surface area contributed by atoms with Crippen LogP contribution in [0.15, 0.2) is 73.0 Å². The van der Waals surface area contributed by atoms with Gasteiger partial charge in [0, 0.05) is 0 Å². The first-order valence-electron chi connectivity index (χ1n) is 8.56. The van der Waals surface area contributed by atoms with Crippen molar-refractivity contribution in [3.63, 3.8) is 0 Å². The van der Waals surface area contributed by atoms with Crippen LogP contribution in [0, 0.1) is 0 Å². The van der Waals surface area contributed by atoms with Crippen LogP contribution in [-0.4, -0.2) is 25.1 Å². The molecule has 4 nitrogen and oxygen atoms in total. The number of ether oxygens (including phenoxy) is 4. The van der Waals surface area contributed by atoms with Crippen molar-refractivity contribution in [1.29, 1.82) is 0 Å². The minimum atomic E-state index is -0.473. The van der Waals surface area contributed by atoms with Gasteiger partial charge in [0.05, 0.1) is 32.2 Å². The van der Waals surface area contributed by atoms with E-state index in [9.17, 15) is 0 Å². The van der Waals surface area contributed by atoms with Gasteiger partial charge in [-0.25, -0.2) is 0 Å². The average molecular weight is 340 g/mol. The van der Waals surface area contributed by atoms with Crippen LogP contribution in [0.3, 0.4) is 0 Å². The Morgan fingerprint density at radius 3 is 2.20 bits per heavy atom. The largest absolute Gasteiger partial charge is 0.470 e. The molecule has 3 rings (SSSR count). The highest BCUT2D eigenvalue weighted by molar-refractivity contribution is 5.14. The minimum absolute atomic E-state index is 0.00398. The van der Waals surface area contributed by atoms with E-state index in [-0.39, 0.29) is 12.2 Å². The maximum absolute atomic E-state index is 6.05. The van der Waals surface area contributed by atoms with Gasteiger partial charge in [-0.3, -0.25) is 0 Å². The summed E-state index contributed by atoms with van der Waals surface area (Å²) < 4.78 is 23.3. The van der Waals surface area contributed by atoms with Crippen LogP contribution in [0.2, 0.25) is 0 Å². The molecule has 0 radical (unpaired) electrons. The first-order valence-corrected chi connectivity index (χ1v) is 8.56. The fourth-order valence-corrected chi connectivity index (χ4v) is 2.55. The Labute approximate surface area is 149 Å². The molecule has 0 amide bonds. The molecule has 2 aromatic rings. The second kappa shape index (κ2) is 9.37. The first-order chi connectivity index (χ1) is 12.3. The van der Waals surface area contributed by atoms with Crippen molar-refractivity contribution in [2.45, 2.75) is 38.6 Å². The molecule has 0 saturated heterocycles. The summed E-state index contributed by atoms with van der Waals surface area (Å²) >= 11 is 0. The Balaban J connectivity index is 1.56. The molecule has 1 heterocycles. The van der Waals surface area contributed by atoms with Crippen molar-refractivity contribution in [1.82, 2.24) is 0 Å². The summed E-state index contributed by atoms with van der Waals surface area (Å²) in [7, 11) is 0. The summed E-state index contributed by atoms with van der Waals surface area (Å²) in [6.45, 7) is 3.39. The Morgan fingerprint density at radius 2 is 1.56 bits per heavy atom. The van der Waals surface area contributed by atoms with Crippen LogP contribution >= 0.6 is 0 Å². The number of rotatable bonds is 8. The lowest BCUT2D eigenvalue weighted by atomic mass is 10.2. The van der Waals surface area contributed by atoms with Crippen LogP contribution in [0.5, 0.6) is 0 Å². The fourth-order valence-electron chi connectivity index (χ4n) is 2.55. The van der Waals surface area contributed by atoms with E-state index in [1.54, 1.807) is 6.26 Å². The topological polar surface area (TPSA) is 36.9 Å². The lowest BCUT2D eigenvalue weighted by molar-refractivity contribution is -0.219. The molecule has 4 heteroatoms. The highest BCUT2D eigenvalue weighted by atomic mass is 16.7. The van der Waals surface area contributed by atoms with Gasteiger partial charge >= 0.3 is 0 Å². The van der Waals surface area contributed by atoms with Crippen molar-refractivity contribution in [2.75, 3.05) is 6.61 Å². The lowest BCUT2D eigenvalue weighted by Gasteiger charge is -2.30. The lowest BCUT2D eigenvalue weighted by Crippen LogP contribution is -2.40. The summed E-state index contributed by atoms with van der Waals surface area (Å²) in [4.78, 5) is 0. The molecule has 3 atom stereocenters. The van der Waals surface area contributed by atoms with Gasteiger partial charge in [-0.1, -0.05) is 60.7 Å². The quantitative estimate of drug-likeness (QED) is 0.726. The Bertz CT molecular complexity index is 641. The van der Waals surface area contributed by atoms with E-state index in [0.29, 0.717) is 19.8 Å².